The fourth-order valence-electron chi connectivity index (χ4n) is 5.68. The second kappa shape index (κ2) is 16.0. The predicted octanol–water partition coefficient (Wildman–Crippen LogP) is 5.99. The number of allylic oxidation sites excluding steroid dienone is 3. The van der Waals surface area contributed by atoms with Gasteiger partial charge in [0.25, 0.3) is 6.47 Å². The van der Waals surface area contributed by atoms with Gasteiger partial charge in [0.05, 0.1) is 34.9 Å². The molecular formula is C32H47ClN2O7S. The number of amides is 2. The predicted molar refractivity (Wildman–Crippen MR) is 173 cm³/mol. The molecule has 3 unspecified atom stereocenters. The number of hydrogen-bond acceptors (Lipinski definition) is 8. The molecule has 0 spiro atoms. The van der Waals surface area contributed by atoms with Gasteiger partial charge in [0.15, 0.2) is 0 Å². The van der Waals surface area contributed by atoms with Crippen molar-refractivity contribution in [3.63, 3.8) is 0 Å². The third-order valence-corrected chi connectivity index (χ3v) is 8.54. The number of alkyl carbamates (subject to hydrolysis) is 1. The second-order valence-electron chi connectivity index (χ2n) is 11.2. The number of carbonyl (C=O) groups is 3. The summed E-state index contributed by atoms with van der Waals surface area (Å²) in [5.41, 5.74) is 1.90. The smallest absolute Gasteiger partial charge is 0.407 e. The maximum Gasteiger partial charge on any atom is 0.407 e. The molecule has 1 aromatic rings. The number of carbonyl (C=O) groups excluding carboxylic acids is 3. The van der Waals surface area contributed by atoms with Crippen LogP contribution in [-0.4, -0.2) is 74.4 Å². The molecule has 4 rings (SSSR count). The number of fused-ring (bicyclic) bond motifs is 5. The molecule has 1 aromatic carbocycles. The molecule has 0 aromatic heterocycles. The zero-order valence-electron chi connectivity index (χ0n) is 26.7. The number of nitrogens with zero attached hydrogens (tertiary/aromatic N) is 1. The lowest BCUT2D eigenvalue weighted by atomic mass is 9.84. The van der Waals surface area contributed by atoms with Gasteiger partial charge < -0.3 is 29.2 Å². The Labute approximate surface area is 266 Å². The fraction of sp³-hybridized carbons (Fsp3) is 0.594. The number of aryl methyl sites for hydroxylation is 1. The molecule has 1 N–H and O–H groups in total. The Morgan fingerprint density at radius 1 is 1.19 bits per heavy atom. The first-order valence-electron chi connectivity index (χ1n) is 14.5. The summed E-state index contributed by atoms with van der Waals surface area (Å²) in [7, 11) is 3.27. The van der Waals surface area contributed by atoms with Crippen LogP contribution in [0.1, 0.15) is 65.0 Å². The lowest BCUT2D eigenvalue weighted by Gasteiger charge is -2.42. The average Bonchev–Trinajstić information content (AvgIpc) is 3.62. The summed E-state index contributed by atoms with van der Waals surface area (Å²) in [6.07, 6.45) is 6.36. The largest absolute Gasteiger partial charge is 0.461 e. The van der Waals surface area contributed by atoms with Crippen LogP contribution in [-0.2, 0) is 35.0 Å². The van der Waals surface area contributed by atoms with E-state index < -0.39 is 35.5 Å². The van der Waals surface area contributed by atoms with Crippen molar-refractivity contribution in [2.75, 3.05) is 25.3 Å². The number of anilines is 1. The molecule has 3 aliphatic heterocycles. The molecule has 240 valence electrons. The Balaban J connectivity index is 0.00000155. The van der Waals surface area contributed by atoms with Gasteiger partial charge in [0.2, 0.25) is 5.91 Å². The van der Waals surface area contributed by atoms with Crippen LogP contribution in [0.3, 0.4) is 0 Å². The van der Waals surface area contributed by atoms with Crippen LogP contribution in [0.4, 0.5) is 10.5 Å². The first-order valence-corrected chi connectivity index (χ1v) is 15.8. The molecule has 2 saturated heterocycles. The van der Waals surface area contributed by atoms with Crippen LogP contribution in [0.2, 0.25) is 5.02 Å². The summed E-state index contributed by atoms with van der Waals surface area (Å²) in [6, 6.07) is 3.91. The third kappa shape index (κ3) is 8.77. The Morgan fingerprint density at radius 2 is 1.86 bits per heavy atom. The van der Waals surface area contributed by atoms with Crippen molar-refractivity contribution in [2.24, 2.45) is 0 Å². The van der Waals surface area contributed by atoms with Crippen molar-refractivity contribution in [3.8, 4) is 0 Å². The van der Waals surface area contributed by atoms with Gasteiger partial charge in [-0.25, -0.2) is 4.79 Å². The van der Waals surface area contributed by atoms with Crippen molar-refractivity contribution in [1.82, 2.24) is 5.32 Å². The van der Waals surface area contributed by atoms with E-state index in [0.717, 1.165) is 16.7 Å². The van der Waals surface area contributed by atoms with E-state index in [0.29, 0.717) is 36.4 Å². The molecule has 3 aliphatic rings. The monoisotopic (exact) mass is 638 g/mol. The summed E-state index contributed by atoms with van der Waals surface area (Å²) < 4.78 is 22.8. The summed E-state index contributed by atoms with van der Waals surface area (Å²) in [5.74, 6) is -0.271. The summed E-state index contributed by atoms with van der Waals surface area (Å²) in [5, 5.41) is 3.41. The first kappa shape index (κ1) is 36.7. The van der Waals surface area contributed by atoms with Crippen LogP contribution in [0.25, 0.3) is 0 Å². The van der Waals surface area contributed by atoms with Gasteiger partial charge in [-0.15, -0.1) is 0 Å². The minimum Gasteiger partial charge on any atom is -0.461 e. The molecule has 0 aliphatic carbocycles. The highest BCUT2D eigenvalue weighted by atomic mass is 35.5. The number of thiol groups is 1. The molecule has 11 heteroatoms. The van der Waals surface area contributed by atoms with E-state index in [1.165, 1.54) is 4.90 Å². The van der Waals surface area contributed by atoms with Gasteiger partial charge in [-0.1, -0.05) is 55.3 Å². The SMILES string of the molecule is CC.COC1/C=C/C=C(\C)Cc2cc(C)c(Cl)c(c2)N(C)C(=O)CC(OC=O)[C@]2(C)O[C@H]2C[C@@H]2CC1(C)NC(=O)O2.CS. The molecule has 6 atom stereocenters. The molecule has 0 saturated carbocycles. The number of benzene rings is 1. The van der Waals surface area contributed by atoms with E-state index in [1.807, 2.05) is 65.0 Å². The molecule has 0 radical (unpaired) electrons. The Bertz CT molecular complexity index is 1210. The van der Waals surface area contributed by atoms with Gasteiger partial charge in [-0.3, -0.25) is 9.59 Å². The zero-order valence-corrected chi connectivity index (χ0v) is 28.4. The summed E-state index contributed by atoms with van der Waals surface area (Å²) in [6.45, 7) is 12.0. The van der Waals surface area contributed by atoms with Gasteiger partial charge in [0, 0.05) is 27.0 Å². The Hall–Kier alpha value is -2.53. The van der Waals surface area contributed by atoms with Crippen molar-refractivity contribution >= 4 is 48.4 Å². The molecule has 43 heavy (non-hydrogen) atoms. The van der Waals surface area contributed by atoms with Crippen molar-refractivity contribution in [3.05, 3.63) is 52.1 Å². The first-order chi connectivity index (χ1) is 20.4. The number of methoxy groups -OCH3 is 1. The molecule has 4 bridgehead atoms. The van der Waals surface area contributed by atoms with Gasteiger partial charge in [0.1, 0.15) is 17.8 Å². The van der Waals surface area contributed by atoms with Crippen LogP contribution < -0.4 is 10.2 Å². The lowest BCUT2D eigenvalue weighted by Crippen LogP contribution is -2.60. The highest BCUT2D eigenvalue weighted by molar-refractivity contribution is 7.79. The van der Waals surface area contributed by atoms with Crippen molar-refractivity contribution in [2.45, 2.75) is 103 Å². The molecule has 2 fully saturated rings. The lowest BCUT2D eigenvalue weighted by molar-refractivity contribution is -0.139. The van der Waals surface area contributed by atoms with Gasteiger partial charge in [-0.05, 0) is 57.6 Å². The van der Waals surface area contributed by atoms with Crippen LogP contribution in [0.5, 0.6) is 0 Å². The molecule has 9 nitrogen and oxygen atoms in total. The fourth-order valence-corrected chi connectivity index (χ4v) is 5.92. The van der Waals surface area contributed by atoms with Crippen LogP contribution in [0.15, 0.2) is 35.9 Å². The third-order valence-electron chi connectivity index (χ3n) is 8.05. The number of rotatable bonds is 3. The van der Waals surface area contributed by atoms with Crippen LogP contribution >= 0.6 is 24.2 Å². The molecular weight excluding hydrogens is 592 g/mol. The second-order valence-corrected chi connectivity index (χ2v) is 11.5. The maximum atomic E-state index is 13.4. The average molecular weight is 639 g/mol. The highest BCUT2D eigenvalue weighted by Gasteiger charge is 2.61. The minimum atomic E-state index is -0.906. The number of epoxide rings is 1. The number of nitrogens with one attached hydrogen (secondary N) is 1. The van der Waals surface area contributed by atoms with Crippen molar-refractivity contribution in [1.29, 1.82) is 0 Å². The number of hydrogen-bond donors (Lipinski definition) is 2. The topological polar surface area (TPSA) is 107 Å². The molecule has 2 amide bonds. The standard InChI is InChI=1S/C29H37ClN2O7.C2H6.CH4S/c1-17-8-7-9-22(36-6)28(3)15-20(38-27(35)31-28)13-24-29(4,39-24)23(37-16-33)14-25(34)32(5)21-12-19(10-17)11-18(2)26(21)30;2*1-2/h7-9,11-12,16,20,22-24H,10,13-15H2,1-6H3,(H,31,35);1-2H3;2H,1H3/b9-7+,17-8+;;/t20-,22?,23?,24+,28?,29+;;/m1../s1. The minimum absolute atomic E-state index is 0.0971. The van der Waals surface area contributed by atoms with Crippen molar-refractivity contribution < 1.29 is 33.3 Å². The summed E-state index contributed by atoms with van der Waals surface area (Å²) >= 11 is 10.2. The van der Waals surface area contributed by atoms with E-state index in [9.17, 15) is 14.4 Å². The maximum absolute atomic E-state index is 13.4. The zero-order chi connectivity index (χ0) is 32.5. The number of halogens is 1. The van der Waals surface area contributed by atoms with Crippen LogP contribution in [0, 0.1) is 6.92 Å². The Kier molecular flexibility index (Phi) is 13.6. The Morgan fingerprint density at radius 3 is 2.49 bits per heavy atom. The van der Waals surface area contributed by atoms with E-state index in [-0.39, 0.29) is 18.4 Å². The highest BCUT2D eigenvalue weighted by Crippen LogP contribution is 2.46. The van der Waals surface area contributed by atoms with E-state index in [1.54, 1.807) is 27.3 Å². The van der Waals surface area contributed by atoms with Gasteiger partial charge in [-0.2, -0.15) is 12.6 Å². The normalized spacial score (nSPS) is 32.5. The molecule has 3 heterocycles. The van der Waals surface area contributed by atoms with E-state index >= 15 is 0 Å². The van der Waals surface area contributed by atoms with Gasteiger partial charge >= 0.3 is 6.09 Å². The quantitative estimate of drug-likeness (QED) is 0.238. The number of ether oxygens (including phenoxy) is 4. The van der Waals surface area contributed by atoms with E-state index in [4.69, 9.17) is 30.5 Å². The summed E-state index contributed by atoms with van der Waals surface area (Å²) in [4.78, 5) is 38.9. The van der Waals surface area contributed by atoms with E-state index in [2.05, 4.69) is 17.9 Å².